The van der Waals surface area contributed by atoms with Gasteiger partial charge >= 0.3 is 0 Å². The molecule has 16 heavy (non-hydrogen) atoms. The van der Waals surface area contributed by atoms with Crippen LogP contribution in [0.25, 0.3) is 0 Å². The van der Waals surface area contributed by atoms with E-state index in [1.54, 1.807) is 0 Å². The number of aromatic nitrogens is 1. The van der Waals surface area contributed by atoms with E-state index in [0.717, 1.165) is 6.42 Å². The minimum atomic E-state index is 0.604. The van der Waals surface area contributed by atoms with Crippen LogP contribution in [-0.4, -0.2) is 4.98 Å². The lowest BCUT2D eigenvalue weighted by Crippen LogP contribution is -1.91. The molecule has 0 aliphatic heterocycles. The zero-order valence-corrected chi connectivity index (χ0v) is 9.85. The predicted octanol–water partition coefficient (Wildman–Crippen LogP) is 3.80. The van der Waals surface area contributed by atoms with Gasteiger partial charge in [-0.2, -0.15) is 0 Å². The molecule has 0 N–H and O–H groups in total. The molecular formula is C15H17N. The molecule has 0 fully saturated rings. The Hall–Kier alpha value is -1.63. The summed E-state index contributed by atoms with van der Waals surface area (Å²) >= 11 is 0. The SMILES string of the molecule is CC(C)c1ccc(Cc2cccnc2)cc1. The Bertz CT molecular complexity index is 429. The summed E-state index contributed by atoms with van der Waals surface area (Å²) in [6, 6.07) is 13.0. The number of benzene rings is 1. The maximum atomic E-state index is 4.13. The quantitative estimate of drug-likeness (QED) is 0.752. The summed E-state index contributed by atoms with van der Waals surface area (Å²) < 4.78 is 0. The molecule has 0 bridgehead atoms. The van der Waals surface area contributed by atoms with Crippen LogP contribution in [-0.2, 0) is 6.42 Å². The smallest absolute Gasteiger partial charge is 0.0303 e. The number of hydrogen-bond acceptors (Lipinski definition) is 1. The van der Waals surface area contributed by atoms with Crippen molar-refractivity contribution in [2.75, 3.05) is 0 Å². The van der Waals surface area contributed by atoms with Gasteiger partial charge in [-0.15, -0.1) is 0 Å². The first-order valence-electron chi connectivity index (χ1n) is 5.73. The Balaban J connectivity index is 2.11. The molecule has 0 unspecified atom stereocenters. The molecule has 0 spiro atoms. The fourth-order valence-corrected chi connectivity index (χ4v) is 1.76. The normalized spacial score (nSPS) is 10.7. The largest absolute Gasteiger partial charge is 0.264 e. The molecule has 0 radical (unpaired) electrons. The molecule has 82 valence electrons. The van der Waals surface area contributed by atoms with E-state index in [0.29, 0.717) is 5.92 Å². The van der Waals surface area contributed by atoms with E-state index in [1.165, 1.54) is 16.7 Å². The van der Waals surface area contributed by atoms with Crippen LogP contribution in [0.3, 0.4) is 0 Å². The van der Waals surface area contributed by atoms with Gasteiger partial charge in [0, 0.05) is 12.4 Å². The second-order valence-corrected chi connectivity index (χ2v) is 4.43. The van der Waals surface area contributed by atoms with Crippen LogP contribution in [0.2, 0.25) is 0 Å². The minimum Gasteiger partial charge on any atom is -0.264 e. The van der Waals surface area contributed by atoms with E-state index in [4.69, 9.17) is 0 Å². The van der Waals surface area contributed by atoms with Crippen molar-refractivity contribution < 1.29 is 0 Å². The van der Waals surface area contributed by atoms with E-state index < -0.39 is 0 Å². The highest BCUT2D eigenvalue weighted by molar-refractivity contribution is 5.28. The van der Waals surface area contributed by atoms with Crippen molar-refractivity contribution >= 4 is 0 Å². The van der Waals surface area contributed by atoms with Crippen LogP contribution in [0.5, 0.6) is 0 Å². The highest BCUT2D eigenvalue weighted by atomic mass is 14.6. The lowest BCUT2D eigenvalue weighted by molar-refractivity contribution is 0.865. The first-order valence-corrected chi connectivity index (χ1v) is 5.73. The van der Waals surface area contributed by atoms with Crippen LogP contribution < -0.4 is 0 Å². The Morgan fingerprint density at radius 3 is 2.31 bits per heavy atom. The monoisotopic (exact) mass is 211 g/mol. The highest BCUT2D eigenvalue weighted by Gasteiger charge is 1.99. The van der Waals surface area contributed by atoms with Crippen LogP contribution in [0.4, 0.5) is 0 Å². The Labute approximate surface area is 97.2 Å². The van der Waals surface area contributed by atoms with Crippen molar-refractivity contribution in [3.05, 3.63) is 65.5 Å². The molecule has 0 saturated carbocycles. The number of hydrogen-bond donors (Lipinski definition) is 0. The molecule has 1 aromatic carbocycles. The Morgan fingerprint density at radius 1 is 1.00 bits per heavy atom. The third-order valence-electron chi connectivity index (χ3n) is 2.78. The lowest BCUT2D eigenvalue weighted by Gasteiger charge is -2.06. The molecule has 0 aliphatic carbocycles. The van der Waals surface area contributed by atoms with Gasteiger partial charge in [-0.05, 0) is 35.1 Å². The number of pyridine rings is 1. The first kappa shape index (κ1) is 10.9. The van der Waals surface area contributed by atoms with Gasteiger partial charge in [0.1, 0.15) is 0 Å². The van der Waals surface area contributed by atoms with Gasteiger partial charge in [-0.25, -0.2) is 0 Å². The van der Waals surface area contributed by atoms with Crippen molar-refractivity contribution in [2.45, 2.75) is 26.2 Å². The van der Waals surface area contributed by atoms with Gasteiger partial charge in [0.05, 0.1) is 0 Å². The van der Waals surface area contributed by atoms with Gasteiger partial charge in [0.2, 0.25) is 0 Å². The van der Waals surface area contributed by atoms with Crippen LogP contribution in [0.15, 0.2) is 48.8 Å². The third kappa shape index (κ3) is 2.69. The average molecular weight is 211 g/mol. The topological polar surface area (TPSA) is 12.9 Å². The fourth-order valence-electron chi connectivity index (χ4n) is 1.76. The molecule has 1 nitrogen and oxygen atoms in total. The van der Waals surface area contributed by atoms with Crippen molar-refractivity contribution in [3.8, 4) is 0 Å². The molecule has 1 heteroatoms. The average Bonchev–Trinajstić information content (AvgIpc) is 2.31. The second-order valence-electron chi connectivity index (χ2n) is 4.43. The summed E-state index contributed by atoms with van der Waals surface area (Å²) in [7, 11) is 0. The van der Waals surface area contributed by atoms with Gasteiger partial charge < -0.3 is 0 Å². The summed E-state index contributed by atoms with van der Waals surface area (Å²) in [5.74, 6) is 0.604. The van der Waals surface area contributed by atoms with Crippen molar-refractivity contribution in [3.63, 3.8) is 0 Å². The van der Waals surface area contributed by atoms with E-state index in [-0.39, 0.29) is 0 Å². The summed E-state index contributed by atoms with van der Waals surface area (Å²) in [5.41, 5.74) is 4.01. The minimum absolute atomic E-state index is 0.604. The summed E-state index contributed by atoms with van der Waals surface area (Å²) in [5, 5.41) is 0. The zero-order chi connectivity index (χ0) is 11.4. The molecule has 2 rings (SSSR count). The molecule has 1 heterocycles. The summed E-state index contributed by atoms with van der Waals surface area (Å²) in [6.45, 7) is 4.44. The summed E-state index contributed by atoms with van der Waals surface area (Å²) in [4.78, 5) is 4.13. The third-order valence-corrected chi connectivity index (χ3v) is 2.78. The molecule has 1 aromatic heterocycles. The predicted molar refractivity (Wildman–Crippen MR) is 67.6 cm³/mol. The fraction of sp³-hybridized carbons (Fsp3) is 0.267. The van der Waals surface area contributed by atoms with Crippen LogP contribution in [0, 0.1) is 0 Å². The molecule has 0 amide bonds. The van der Waals surface area contributed by atoms with E-state index in [9.17, 15) is 0 Å². The second kappa shape index (κ2) is 4.93. The van der Waals surface area contributed by atoms with Crippen molar-refractivity contribution in [1.82, 2.24) is 4.98 Å². The zero-order valence-electron chi connectivity index (χ0n) is 9.85. The van der Waals surface area contributed by atoms with E-state index >= 15 is 0 Å². The number of rotatable bonds is 3. The number of nitrogens with zero attached hydrogens (tertiary/aromatic N) is 1. The maximum Gasteiger partial charge on any atom is 0.0303 e. The van der Waals surface area contributed by atoms with Gasteiger partial charge in [-0.3, -0.25) is 4.98 Å². The van der Waals surface area contributed by atoms with Gasteiger partial charge in [0.15, 0.2) is 0 Å². The van der Waals surface area contributed by atoms with Crippen LogP contribution in [0.1, 0.15) is 36.5 Å². The summed E-state index contributed by atoms with van der Waals surface area (Å²) in [6.07, 6.45) is 4.70. The van der Waals surface area contributed by atoms with E-state index in [1.807, 2.05) is 18.5 Å². The molecular weight excluding hydrogens is 194 g/mol. The molecule has 0 saturated heterocycles. The Morgan fingerprint density at radius 2 is 1.75 bits per heavy atom. The van der Waals surface area contributed by atoms with Gasteiger partial charge in [0.25, 0.3) is 0 Å². The lowest BCUT2D eigenvalue weighted by atomic mass is 9.99. The van der Waals surface area contributed by atoms with E-state index in [2.05, 4.69) is 49.2 Å². The maximum absolute atomic E-state index is 4.13. The highest BCUT2D eigenvalue weighted by Crippen LogP contribution is 2.16. The standard InChI is InChI=1S/C15H17N/c1-12(2)15-7-5-13(6-8-15)10-14-4-3-9-16-11-14/h3-9,11-12H,10H2,1-2H3. The van der Waals surface area contributed by atoms with Crippen molar-refractivity contribution in [1.29, 1.82) is 0 Å². The molecule has 2 aromatic rings. The molecule has 0 atom stereocenters. The Kier molecular flexibility index (Phi) is 3.35. The first-order chi connectivity index (χ1) is 7.75. The molecule has 0 aliphatic rings. The van der Waals surface area contributed by atoms with Crippen molar-refractivity contribution in [2.24, 2.45) is 0 Å². The van der Waals surface area contributed by atoms with Gasteiger partial charge in [-0.1, -0.05) is 44.2 Å². The van der Waals surface area contributed by atoms with Crippen LogP contribution >= 0.6 is 0 Å².